The Hall–Kier alpha value is -2.59. The van der Waals surface area contributed by atoms with Crippen LogP contribution in [0.5, 0.6) is 0 Å². The van der Waals surface area contributed by atoms with E-state index in [1.165, 1.54) is 0 Å². The predicted molar refractivity (Wildman–Crippen MR) is 92.4 cm³/mol. The Kier molecular flexibility index (Phi) is 4.74. The molecule has 1 amide bonds. The average Bonchev–Trinajstić information content (AvgIpc) is 3.00. The van der Waals surface area contributed by atoms with Crippen LogP contribution in [0.2, 0.25) is 5.02 Å². The summed E-state index contributed by atoms with van der Waals surface area (Å²) in [6.07, 6.45) is 3.60. The van der Waals surface area contributed by atoms with Gasteiger partial charge in [-0.25, -0.2) is 0 Å². The van der Waals surface area contributed by atoms with Gasteiger partial charge < -0.3 is 5.32 Å². The van der Waals surface area contributed by atoms with E-state index in [-0.39, 0.29) is 5.91 Å². The highest BCUT2D eigenvalue weighted by Crippen LogP contribution is 2.21. The Labute approximate surface area is 139 Å². The topological polar surface area (TPSA) is 46.9 Å². The smallest absolute Gasteiger partial charge is 0.226 e. The molecule has 0 fully saturated rings. The minimum Gasteiger partial charge on any atom is -0.326 e. The minimum absolute atomic E-state index is 0.0518. The summed E-state index contributed by atoms with van der Waals surface area (Å²) < 4.78 is 1.65. The van der Waals surface area contributed by atoms with Gasteiger partial charge in [0.25, 0.3) is 0 Å². The van der Waals surface area contributed by atoms with Crippen LogP contribution in [0.15, 0.2) is 67.0 Å². The molecule has 2 aromatic carbocycles. The van der Waals surface area contributed by atoms with E-state index in [0.717, 1.165) is 16.8 Å². The Morgan fingerprint density at radius 3 is 2.39 bits per heavy atom. The third-order valence-electron chi connectivity index (χ3n) is 3.45. The minimum atomic E-state index is -0.0518. The second kappa shape index (κ2) is 7.11. The van der Waals surface area contributed by atoms with Gasteiger partial charge in [0.1, 0.15) is 0 Å². The SMILES string of the molecule is O=C(CCn1cc(Cl)cn1)Nc1ccc(-c2ccccc2)cc1. The highest BCUT2D eigenvalue weighted by molar-refractivity contribution is 6.30. The van der Waals surface area contributed by atoms with Crippen LogP contribution in [-0.2, 0) is 11.3 Å². The van der Waals surface area contributed by atoms with Crippen LogP contribution in [0.4, 0.5) is 5.69 Å². The lowest BCUT2D eigenvalue weighted by Gasteiger charge is -2.07. The summed E-state index contributed by atoms with van der Waals surface area (Å²) >= 11 is 5.79. The molecule has 5 heteroatoms. The number of hydrogen-bond acceptors (Lipinski definition) is 2. The maximum absolute atomic E-state index is 12.0. The maximum atomic E-state index is 12.0. The van der Waals surface area contributed by atoms with Crippen molar-refractivity contribution < 1.29 is 4.79 Å². The van der Waals surface area contributed by atoms with Gasteiger partial charge in [0.05, 0.1) is 11.2 Å². The summed E-state index contributed by atoms with van der Waals surface area (Å²) in [6.45, 7) is 0.501. The lowest BCUT2D eigenvalue weighted by molar-refractivity contribution is -0.116. The first kappa shape index (κ1) is 15.3. The van der Waals surface area contributed by atoms with E-state index >= 15 is 0 Å². The number of aryl methyl sites for hydroxylation is 1. The zero-order valence-electron chi connectivity index (χ0n) is 12.4. The van der Waals surface area contributed by atoms with Gasteiger partial charge in [-0.2, -0.15) is 5.10 Å². The summed E-state index contributed by atoms with van der Waals surface area (Å²) in [7, 11) is 0. The molecule has 1 aromatic heterocycles. The number of aromatic nitrogens is 2. The first-order valence-corrected chi connectivity index (χ1v) is 7.72. The van der Waals surface area contributed by atoms with Crippen LogP contribution < -0.4 is 5.32 Å². The first-order chi connectivity index (χ1) is 11.2. The van der Waals surface area contributed by atoms with E-state index in [1.54, 1.807) is 17.1 Å². The van der Waals surface area contributed by atoms with Gasteiger partial charge in [-0.15, -0.1) is 0 Å². The molecule has 0 atom stereocenters. The first-order valence-electron chi connectivity index (χ1n) is 7.34. The molecule has 23 heavy (non-hydrogen) atoms. The molecule has 0 spiro atoms. The number of carbonyl (C=O) groups excluding carboxylic acids is 1. The van der Waals surface area contributed by atoms with E-state index < -0.39 is 0 Å². The Morgan fingerprint density at radius 2 is 1.74 bits per heavy atom. The number of halogens is 1. The molecule has 0 aliphatic carbocycles. The van der Waals surface area contributed by atoms with Crippen LogP contribution in [0.3, 0.4) is 0 Å². The fourth-order valence-electron chi connectivity index (χ4n) is 2.28. The second-order valence-electron chi connectivity index (χ2n) is 5.16. The summed E-state index contributed by atoms with van der Waals surface area (Å²) in [5, 5.41) is 7.50. The molecule has 3 aromatic rings. The highest BCUT2D eigenvalue weighted by Gasteiger charge is 2.04. The van der Waals surface area contributed by atoms with Crippen LogP contribution in [0, 0.1) is 0 Å². The molecule has 0 unspecified atom stereocenters. The van der Waals surface area contributed by atoms with Gasteiger partial charge in [-0.1, -0.05) is 54.1 Å². The van der Waals surface area contributed by atoms with Crippen molar-refractivity contribution in [2.75, 3.05) is 5.32 Å². The van der Waals surface area contributed by atoms with E-state index in [2.05, 4.69) is 22.5 Å². The number of benzene rings is 2. The van der Waals surface area contributed by atoms with Crippen molar-refractivity contribution in [2.24, 2.45) is 0 Å². The van der Waals surface area contributed by atoms with Gasteiger partial charge in [-0.05, 0) is 23.3 Å². The fraction of sp³-hybridized carbons (Fsp3) is 0.111. The number of rotatable bonds is 5. The summed E-state index contributed by atoms with van der Waals surface area (Å²) in [4.78, 5) is 12.0. The maximum Gasteiger partial charge on any atom is 0.226 e. The lowest BCUT2D eigenvalue weighted by Crippen LogP contribution is -2.14. The largest absolute Gasteiger partial charge is 0.326 e. The summed E-state index contributed by atoms with van der Waals surface area (Å²) in [5.41, 5.74) is 3.06. The van der Waals surface area contributed by atoms with E-state index in [4.69, 9.17) is 11.6 Å². The van der Waals surface area contributed by atoms with Gasteiger partial charge in [0.2, 0.25) is 5.91 Å². The molecule has 0 saturated heterocycles. The zero-order valence-corrected chi connectivity index (χ0v) is 13.2. The predicted octanol–water partition coefficient (Wildman–Crippen LogP) is 4.23. The normalized spacial score (nSPS) is 10.5. The van der Waals surface area contributed by atoms with Crippen molar-refractivity contribution in [2.45, 2.75) is 13.0 Å². The Morgan fingerprint density at radius 1 is 1.04 bits per heavy atom. The molecule has 1 heterocycles. The molecule has 0 radical (unpaired) electrons. The van der Waals surface area contributed by atoms with Gasteiger partial charge in [-0.3, -0.25) is 9.48 Å². The van der Waals surface area contributed by atoms with Crippen LogP contribution in [-0.4, -0.2) is 15.7 Å². The monoisotopic (exact) mass is 325 g/mol. The number of carbonyl (C=O) groups is 1. The van der Waals surface area contributed by atoms with E-state index in [1.807, 2.05) is 42.5 Å². The van der Waals surface area contributed by atoms with Gasteiger partial charge >= 0.3 is 0 Å². The molecular weight excluding hydrogens is 310 g/mol. The number of amides is 1. The summed E-state index contributed by atoms with van der Waals surface area (Å²) in [5.74, 6) is -0.0518. The van der Waals surface area contributed by atoms with Crippen molar-refractivity contribution in [3.8, 4) is 11.1 Å². The van der Waals surface area contributed by atoms with Crippen molar-refractivity contribution in [1.82, 2.24) is 9.78 Å². The standard InChI is InChI=1S/C18H16ClN3O/c19-16-12-20-22(13-16)11-10-18(23)21-17-8-6-15(7-9-17)14-4-2-1-3-5-14/h1-9,12-13H,10-11H2,(H,21,23). The lowest BCUT2D eigenvalue weighted by atomic mass is 10.1. The van der Waals surface area contributed by atoms with Gasteiger partial charge in [0, 0.05) is 24.8 Å². The van der Waals surface area contributed by atoms with E-state index in [9.17, 15) is 4.79 Å². The van der Waals surface area contributed by atoms with Crippen molar-refractivity contribution in [3.63, 3.8) is 0 Å². The molecule has 3 rings (SSSR count). The van der Waals surface area contributed by atoms with Crippen molar-refractivity contribution in [1.29, 1.82) is 0 Å². The molecule has 1 N–H and O–H groups in total. The highest BCUT2D eigenvalue weighted by atomic mass is 35.5. The van der Waals surface area contributed by atoms with Crippen LogP contribution in [0.1, 0.15) is 6.42 Å². The summed E-state index contributed by atoms with van der Waals surface area (Å²) in [6, 6.07) is 17.9. The molecule has 0 saturated carbocycles. The van der Waals surface area contributed by atoms with Crippen LogP contribution >= 0.6 is 11.6 Å². The third-order valence-corrected chi connectivity index (χ3v) is 3.64. The molecule has 0 bridgehead atoms. The molecule has 0 aliphatic heterocycles. The number of nitrogens with zero attached hydrogens (tertiary/aromatic N) is 2. The number of nitrogens with one attached hydrogen (secondary N) is 1. The number of hydrogen-bond donors (Lipinski definition) is 1. The second-order valence-corrected chi connectivity index (χ2v) is 5.60. The van der Waals surface area contributed by atoms with Crippen molar-refractivity contribution in [3.05, 3.63) is 72.0 Å². The van der Waals surface area contributed by atoms with Crippen LogP contribution in [0.25, 0.3) is 11.1 Å². The number of anilines is 1. The molecule has 116 valence electrons. The Balaban J connectivity index is 1.56. The average molecular weight is 326 g/mol. The zero-order chi connectivity index (χ0) is 16.1. The van der Waals surface area contributed by atoms with Gasteiger partial charge in [0.15, 0.2) is 0 Å². The molecular formula is C18H16ClN3O. The fourth-order valence-corrected chi connectivity index (χ4v) is 2.43. The van der Waals surface area contributed by atoms with Crippen molar-refractivity contribution >= 4 is 23.2 Å². The molecule has 4 nitrogen and oxygen atoms in total. The van der Waals surface area contributed by atoms with E-state index in [0.29, 0.717) is 18.0 Å². The Bertz CT molecular complexity index is 782. The quantitative estimate of drug-likeness (QED) is 0.763. The molecule has 0 aliphatic rings. The third kappa shape index (κ3) is 4.20.